The van der Waals surface area contributed by atoms with Gasteiger partial charge in [-0.25, -0.2) is 4.39 Å². The molecule has 2 aromatic carbocycles. The molecule has 104 valence electrons. The fourth-order valence-electron chi connectivity index (χ4n) is 1.57. The summed E-state index contributed by atoms with van der Waals surface area (Å²) in [5.41, 5.74) is 3.89. The van der Waals surface area contributed by atoms with E-state index in [1.165, 1.54) is 6.07 Å². The molecule has 7 heteroatoms. The number of hydrazine groups is 1. The normalized spacial score (nSPS) is 10.2. The maximum atomic E-state index is 13.1. The number of carbonyl (C=O) groups excluding carboxylic acids is 1. The summed E-state index contributed by atoms with van der Waals surface area (Å²) in [5.74, 6) is 4.40. The van der Waals surface area contributed by atoms with E-state index in [1.54, 1.807) is 24.3 Å². The molecule has 0 atom stereocenters. The van der Waals surface area contributed by atoms with Crippen molar-refractivity contribution in [2.45, 2.75) is 0 Å². The Morgan fingerprint density at radius 1 is 1.25 bits per heavy atom. The number of nitrogens with two attached hydrogens (primary N) is 1. The molecule has 0 aliphatic heterocycles. The topological polar surface area (TPSA) is 67.1 Å². The molecule has 2 rings (SSSR count). The summed E-state index contributed by atoms with van der Waals surface area (Å²) in [7, 11) is 0. The van der Waals surface area contributed by atoms with Crippen molar-refractivity contribution in [2.75, 3.05) is 10.7 Å². The molecule has 20 heavy (non-hydrogen) atoms. The van der Waals surface area contributed by atoms with Gasteiger partial charge in [-0.05, 0) is 52.3 Å². The fourth-order valence-corrected chi connectivity index (χ4v) is 2.46. The first-order chi connectivity index (χ1) is 9.51. The molecule has 4 nitrogen and oxygen atoms in total. The molecule has 0 unspecified atom stereocenters. The van der Waals surface area contributed by atoms with Gasteiger partial charge in [0.1, 0.15) is 5.82 Å². The predicted octanol–water partition coefficient (Wildman–Crippen LogP) is 3.78. The van der Waals surface area contributed by atoms with Crippen molar-refractivity contribution in [1.82, 2.24) is 0 Å². The second-order valence-corrected chi connectivity index (χ2v) is 5.18. The van der Waals surface area contributed by atoms with E-state index in [9.17, 15) is 9.18 Å². The van der Waals surface area contributed by atoms with E-state index in [2.05, 4.69) is 26.7 Å². The van der Waals surface area contributed by atoms with Gasteiger partial charge in [-0.3, -0.25) is 10.6 Å². The zero-order valence-electron chi connectivity index (χ0n) is 10.1. The van der Waals surface area contributed by atoms with Crippen molar-refractivity contribution in [1.29, 1.82) is 0 Å². The molecule has 0 saturated heterocycles. The van der Waals surface area contributed by atoms with Gasteiger partial charge in [0.25, 0.3) is 5.91 Å². The van der Waals surface area contributed by atoms with Crippen molar-refractivity contribution in [3.63, 3.8) is 0 Å². The summed E-state index contributed by atoms with van der Waals surface area (Å²) in [6.45, 7) is 0. The molecule has 0 bridgehead atoms. The van der Waals surface area contributed by atoms with Crippen LogP contribution in [0.25, 0.3) is 0 Å². The Hall–Kier alpha value is -1.63. The van der Waals surface area contributed by atoms with Crippen molar-refractivity contribution in [3.8, 4) is 0 Å². The minimum atomic E-state index is -0.488. The molecule has 4 N–H and O–H groups in total. The molecule has 0 heterocycles. The van der Waals surface area contributed by atoms with Crippen LogP contribution in [0, 0.1) is 5.82 Å². The number of hydrogen-bond acceptors (Lipinski definition) is 3. The molecule has 0 saturated carbocycles. The summed E-state index contributed by atoms with van der Waals surface area (Å²) < 4.78 is 13.5. The monoisotopic (exact) mass is 357 g/mol. The average Bonchev–Trinajstić information content (AvgIpc) is 2.42. The Labute approximate surface area is 128 Å². The third-order valence-electron chi connectivity index (χ3n) is 2.56. The van der Waals surface area contributed by atoms with E-state index >= 15 is 0 Å². The van der Waals surface area contributed by atoms with Gasteiger partial charge in [0.15, 0.2) is 0 Å². The van der Waals surface area contributed by atoms with E-state index in [1.807, 2.05) is 0 Å². The van der Waals surface area contributed by atoms with Gasteiger partial charge >= 0.3 is 0 Å². The van der Waals surface area contributed by atoms with Crippen LogP contribution in [-0.4, -0.2) is 5.91 Å². The standard InChI is InChI=1S/C13H10BrClFN3O/c14-10-5-8(16)6-11(15)12(10)18-13(20)7-1-3-9(19-17)4-2-7/h1-6,19H,17H2,(H,18,20). The van der Waals surface area contributed by atoms with Gasteiger partial charge in [0.2, 0.25) is 0 Å². The highest BCUT2D eigenvalue weighted by Gasteiger charge is 2.12. The highest BCUT2D eigenvalue weighted by molar-refractivity contribution is 9.10. The van der Waals surface area contributed by atoms with Crippen LogP contribution < -0.4 is 16.6 Å². The number of hydrogen-bond donors (Lipinski definition) is 3. The van der Waals surface area contributed by atoms with Gasteiger partial charge < -0.3 is 10.7 Å². The van der Waals surface area contributed by atoms with Crippen LogP contribution in [0.2, 0.25) is 5.02 Å². The maximum Gasteiger partial charge on any atom is 0.255 e. The molecule has 0 spiro atoms. The van der Waals surface area contributed by atoms with Gasteiger partial charge in [-0.15, -0.1) is 0 Å². The Morgan fingerprint density at radius 2 is 1.90 bits per heavy atom. The van der Waals surface area contributed by atoms with E-state index < -0.39 is 5.82 Å². The number of amides is 1. The molecule has 0 aliphatic carbocycles. The molecule has 0 aliphatic rings. The molecular formula is C13H10BrClFN3O. The Morgan fingerprint density at radius 3 is 2.45 bits per heavy atom. The zero-order chi connectivity index (χ0) is 14.7. The van der Waals surface area contributed by atoms with Crippen LogP contribution >= 0.6 is 27.5 Å². The molecule has 2 aromatic rings. The van der Waals surface area contributed by atoms with E-state index in [4.69, 9.17) is 17.4 Å². The van der Waals surface area contributed by atoms with Crippen LogP contribution in [0.4, 0.5) is 15.8 Å². The lowest BCUT2D eigenvalue weighted by atomic mass is 10.2. The number of benzene rings is 2. The van der Waals surface area contributed by atoms with Crippen molar-refractivity contribution >= 4 is 44.8 Å². The SMILES string of the molecule is NNc1ccc(C(=O)Nc2c(Cl)cc(F)cc2Br)cc1. The number of nitrogens with one attached hydrogen (secondary N) is 2. The summed E-state index contributed by atoms with van der Waals surface area (Å²) in [5, 5.41) is 2.74. The largest absolute Gasteiger partial charge is 0.324 e. The number of anilines is 2. The number of rotatable bonds is 3. The molecule has 0 fully saturated rings. The third-order valence-corrected chi connectivity index (χ3v) is 3.48. The van der Waals surface area contributed by atoms with E-state index in [-0.39, 0.29) is 10.9 Å². The predicted molar refractivity (Wildman–Crippen MR) is 81.3 cm³/mol. The molecule has 0 aromatic heterocycles. The lowest BCUT2D eigenvalue weighted by molar-refractivity contribution is 0.102. The van der Waals surface area contributed by atoms with Gasteiger partial charge in [0, 0.05) is 15.7 Å². The summed E-state index contributed by atoms with van der Waals surface area (Å²) in [6.07, 6.45) is 0. The van der Waals surface area contributed by atoms with Crippen LogP contribution in [0.3, 0.4) is 0 Å². The minimum absolute atomic E-state index is 0.116. The van der Waals surface area contributed by atoms with E-state index in [0.29, 0.717) is 21.4 Å². The fraction of sp³-hybridized carbons (Fsp3) is 0. The smallest absolute Gasteiger partial charge is 0.255 e. The molecule has 1 amide bonds. The quantitative estimate of drug-likeness (QED) is 0.578. The van der Waals surface area contributed by atoms with Crippen LogP contribution in [0.1, 0.15) is 10.4 Å². The van der Waals surface area contributed by atoms with Gasteiger partial charge in [-0.2, -0.15) is 0 Å². The highest BCUT2D eigenvalue weighted by Crippen LogP contribution is 2.32. The summed E-state index contributed by atoms with van der Waals surface area (Å²) in [6, 6.07) is 8.89. The highest BCUT2D eigenvalue weighted by atomic mass is 79.9. The van der Waals surface area contributed by atoms with Gasteiger partial charge in [0.05, 0.1) is 10.7 Å². The third kappa shape index (κ3) is 3.27. The summed E-state index contributed by atoms with van der Waals surface area (Å²) in [4.78, 5) is 12.1. The first-order valence-corrected chi connectivity index (χ1v) is 6.71. The maximum absolute atomic E-state index is 13.1. The van der Waals surface area contributed by atoms with Crippen molar-refractivity contribution < 1.29 is 9.18 Å². The van der Waals surface area contributed by atoms with Crippen LogP contribution in [0.5, 0.6) is 0 Å². The second kappa shape index (κ2) is 6.21. The summed E-state index contributed by atoms with van der Waals surface area (Å²) >= 11 is 9.06. The van der Waals surface area contributed by atoms with Crippen LogP contribution in [0.15, 0.2) is 40.9 Å². The van der Waals surface area contributed by atoms with Crippen molar-refractivity contribution in [3.05, 3.63) is 57.3 Å². The Bertz CT molecular complexity index is 626. The lowest BCUT2D eigenvalue weighted by Crippen LogP contribution is -2.13. The zero-order valence-corrected chi connectivity index (χ0v) is 12.4. The number of halogens is 3. The molecular weight excluding hydrogens is 349 g/mol. The second-order valence-electron chi connectivity index (χ2n) is 3.92. The van der Waals surface area contributed by atoms with Gasteiger partial charge in [-0.1, -0.05) is 11.6 Å². The van der Waals surface area contributed by atoms with Crippen molar-refractivity contribution in [2.24, 2.45) is 5.84 Å². The lowest BCUT2D eigenvalue weighted by Gasteiger charge is -2.10. The number of carbonyl (C=O) groups is 1. The minimum Gasteiger partial charge on any atom is -0.324 e. The van der Waals surface area contributed by atoms with Crippen LogP contribution in [-0.2, 0) is 0 Å². The first-order valence-electron chi connectivity index (χ1n) is 5.54. The first kappa shape index (κ1) is 14.8. The average molecular weight is 359 g/mol. The van der Waals surface area contributed by atoms with E-state index in [0.717, 1.165) is 6.07 Å². The Balaban J connectivity index is 2.23. The Kier molecular flexibility index (Phi) is 4.59. The molecule has 0 radical (unpaired) electrons. The number of nitrogen functional groups attached to an aromatic ring is 1.